The standard InChI is InChI=1S/2C9H13.C2H6Cl2Si.Ti/c2*1-2-3-6-9-7-4-5-8-9;1-5(2,3)4;/h2*4,7H,2-3,5-6H2,1H3;1-2H3;/q2*-1;;+2. The van der Waals surface area contributed by atoms with Crippen molar-refractivity contribution in [3.8, 4) is 0 Å². The van der Waals surface area contributed by atoms with Crippen molar-refractivity contribution in [1.29, 1.82) is 0 Å². The summed E-state index contributed by atoms with van der Waals surface area (Å²) in [5.74, 6) is 0. The van der Waals surface area contributed by atoms with Gasteiger partial charge >= 0.3 is 21.7 Å². The molecule has 0 aromatic rings. The van der Waals surface area contributed by atoms with E-state index in [1.807, 2.05) is 13.1 Å². The van der Waals surface area contributed by atoms with Gasteiger partial charge in [-0.05, 0) is 13.1 Å². The molecule has 0 bridgehead atoms. The quantitative estimate of drug-likeness (QED) is 0.233. The van der Waals surface area contributed by atoms with Crippen molar-refractivity contribution < 1.29 is 21.7 Å². The van der Waals surface area contributed by atoms with E-state index in [0.29, 0.717) is 0 Å². The summed E-state index contributed by atoms with van der Waals surface area (Å²) in [5.41, 5.74) is 2.83. The van der Waals surface area contributed by atoms with E-state index in [0.717, 1.165) is 12.8 Å². The van der Waals surface area contributed by atoms with Crippen LogP contribution >= 0.6 is 22.2 Å². The molecule has 0 saturated carbocycles. The Bertz CT molecular complexity index is 378. The van der Waals surface area contributed by atoms with Gasteiger partial charge in [0.05, 0.1) is 0 Å². The van der Waals surface area contributed by atoms with Crippen LogP contribution in [0.2, 0.25) is 13.1 Å². The molecule has 134 valence electrons. The van der Waals surface area contributed by atoms with Crippen LogP contribution < -0.4 is 0 Å². The fourth-order valence-corrected chi connectivity index (χ4v) is 1.98. The number of hydrogen-bond donors (Lipinski definition) is 0. The number of hydrogen-bond acceptors (Lipinski definition) is 0. The van der Waals surface area contributed by atoms with Crippen molar-refractivity contribution >= 4 is 28.9 Å². The van der Waals surface area contributed by atoms with E-state index in [2.05, 4.69) is 50.3 Å². The average Bonchev–Trinajstić information content (AvgIpc) is 3.15. The van der Waals surface area contributed by atoms with Crippen LogP contribution in [0.15, 0.2) is 35.5 Å². The zero-order chi connectivity index (χ0) is 17.6. The maximum atomic E-state index is 5.43. The molecule has 4 heteroatoms. The third-order valence-electron chi connectivity index (χ3n) is 3.13. The van der Waals surface area contributed by atoms with E-state index in [1.54, 1.807) is 0 Å². The Kier molecular flexibility index (Phi) is 18.8. The number of halogens is 2. The minimum absolute atomic E-state index is 0. The van der Waals surface area contributed by atoms with Gasteiger partial charge in [-0.3, -0.25) is 12.2 Å². The molecule has 0 spiro atoms. The zero-order valence-corrected chi connectivity index (χ0v) is 19.8. The van der Waals surface area contributed by atoms with Crippen LogP contribution in [0.1, 0.15) is 65.2 Å². The van der Waals surface area contributed by atoms with Gasteiger partial charge in [0.2, 0.25) is 6.69 Å². The maximum absolute atomic E-state index is 5.43. The van der Waals surface area contributed by atoms with Crippen molar-refractivity contribution in [2.45, 2.75) is 78.3 Å². The number of allylic oxidation sites excluding steroid dienone is 8. The Morgan fingerprint density at radius 1 is 0.875 bits per heavy atom. The van der Waals surface area contributed by atoms with Crippen molar-refractivity contribution in [3.05, 3.63) is 47.6 Å². The third kappa shape index (κ3) is 20.5. The summed E-state index contributed by atoms with van der Waals surface area (Å²) < 4.78 is 0. The minimum atomic E-state index is -1.67. The Morgan fingerprint density at radius 2 is 1.21 bits per heavy atom. The number of unbranched alkanes of at least 4 members (excludes halogenated alkanes) is 2. The van der Waals surface area contributed by atoms with Gasteiger partial charge in [0.1, 0.15) is 0 Å². The first-order valence-corrected chi connectivity index (χ1v) is 13.8. The maximum Gasteiger partial charge on any atom is 2.00 e. The summed E-state index contributed by atoms with van der Waals surface area (Å²) in [6.45, 7) is 6.49. The molecule has 0 aromatic carbocycles. The van der Waals surface area contributed by atoms with Gasteiger partial charge in [0, 0.05) is 0 Å². The van der Waals surface area contributed by atoms with Gasteiger partial charge in [-0.1, -0.05) is 52.4 Å². The first-order chi connectivity index (χ1) is 10.9. The second-order valence-corrected chi connectivity index (χ2v) is 15.1. The summed E-state index contributed by atoms with van der Waals surface area (Å²) in [4.78, 5) is 0. The van der Waals surface area contributed by atoms with Crippen LogP contribution in [-0.4, -0.2) is 6.69 Å². The van der Waals surface area contributed by atoms with E-state index < -0.39 is 6.69 Å². The molecule has 0 aromatic heterocycles. The smallest absolute Gasteiger partial charge is 0.269 e. The van der Waals surface area contributed by atoms with Crippen molar-refractivity contribution in [2.75, 3.05) is 0 Å². The molecule has 0 amide bonds. The van der Waals surface area contributed by atoms with Crippen LogP contribution in [0.25, 0.3) is 0 Å². The molecule has 0 atom stereocenters. The van der Waals surface area contributed by atoms with Gasteiger partial charge in [-0.15, -0.1) is 35.0 Å². The van der Waals surface area contributed by atoms with Gasteiger partial charge in [0.15, 0.2) is 0 Å². The molecule has 0 N–H and O–H groups in total. The Morgan fingerprint density at radius 3 is 1.42 bits per heavy atom. The monoisotopic (exact) mass is 418 g/mol. The van der Waals surface area contributed by atoms with Crippen LogP contribution in [-0.2, 0) is 21.7 Å². The second kappa shape index (κ2) is 16.9. The Hall–Kier alpha value is 0.471. The van der Waals surface area contributed by atoms with Crippen LogP contribution in [0.3, 0.4) is 0 Å². The van der Waals surface area contributed by atoms with E-state index >= 15 is 0 Å². The van der Waals surface area contributed by atoms with Crippen LogP contribution in [0.4, 0.5) is 0 Å². The molecule has 2 aliphatic rings. The van der Waals surface area contributed by atoms with Gasteiger partial charge in [-0.2, -0.15) is 12.2 Å². The molecule has 0 aliphatic heterocycles. The summed E-state index contributed by atoms with van der Waals surface area (Å²) in [7, 11) is 0. The minimum Gasteiger partial charge on any atom is -0.269 e. The van der Waals surface area contributed by atoms with Crippen molar-refractivity contribution in [3.63, 3.8) is 0 Å². The normalized spacial score (nSPS) is 14.8. The summed E-state index contributed by atoms with van der Waals surface area (Å²) in [6, 6.07) is 0. The van der Waals surface area contributed by atoms with E-state index in [4.69, 9.17) is 22.2 Å². The Balaban J connectivity index is 0. The molecular formula is C20H32Cl2SiTi. The van der Waals surface area contributed by atoms with Gasteiger partial charge in [-0.25, -0.2) is 23.3 Å². The van der Waals surface area contributed by atoms with Crippen LogP contribution in [0.5, 0.6) is 0 Å². The fraction of sp³-hybridized carbons (Fsp3) is 0.600. The predicted molar refractivity (Wildman–Crippen MR) is 109 cm³/mol. The molecule has 0 nitrogen and oxygen atoms in total. The molecule has 2 rings (SSSR count). The molecule has 0 radical (unpaired) electrons. The van der Waals surface area contributed by atoms with Crippen molar-refractivity contribution in [2.24, 2.45) is 0 Å². The topological polar surface area (TPSA) is 0 Å². The summed E-state index contributed by atoms with van der Waals surface area (Å²) in [6.07, 6.45) is 25.1. The molecule has 0 heterocycles. The molecule has 2 aliphatic carbocycles. The third-order valence-corrected chi connectivity index (χ3v) is 3.13. The SMILES string of the molecule is CCCCC1=[C-]CC=C1.CCCCC1=[C-]CC=C1.C[Si](C)(Cl)Cl.[Ti+2]. The molecule has 0 saturated heterocycles. The number of rotatable bonds is 6. The molecule has 0 unspecified atom stereocenters. The van der Waals surface area contributed by atoms with E-state index in [9.17, 15) is 0 Å². The first-order valence-electron chi connectivity index (χ1n) is 8.77. The van der Waals surface area contributed by atoms with Crippen molar-refractivity contribution in [1.82, 2.24) is 0 Å². The largest absolute Gasteiger partial charge is 2.00 e. The fourth-order valence-electron chi connectivity index (χ4n) is 1.98. The summed E-state index contributed by atoms with van der Waals surface area (Å²) >= 11 is 10.9. The average molecular weight is 419 g/mol. The molecule has 0 fully saturated rings. The van der Waals surface area contributed by atoms with E-state index in [-0.39, 0.29) is 21.7 Å². The second-order valence-electron chi connectivity index (χ2n) is 6.15. The predicted octanol–water partition coefficient (Wildman–Crippen LogP) is 7.90. The molecule has 24 heavy (non-hydrogen) atoms. The van der Waals surface area contributed by atoms with Crippen LogP contribution in [0, 0.1) is 12.2 Å². The van der Waals surface area contributed by atoms with Gasteiger partial charge in [0.25, 0.3) is 0 Å². The van der Waals surface area contributed by atoms with E-state index in [1.165, 1.54) is 49.7 Å². The molecular weight excluding hydrogens is 387 g/mol. The zero-order valence-electron chi connectivity index (χ0n) is 15.7. The van der Waals surface area contributed by atoms with Gasteiger partial charge < -0.3 is 0 Å². The first kappa shape index (κ1) is 26.7. The summed E-state index contributed by atoms with van der Waals surface area (Å²) in [5, 5.41) is 0. The Labute approximate surface area is 175 Å².